The van der Waals surface area contributed by atoms with Gasteiger partial charge in [0.2, 0.25) is 0 Å². The van der Waals surface area contributed by atoms with Crippen LogP contribution < -0.4 is 5.73 Å². The Morgan fingerprint density at radius 3 is 3.08 bits per heavy atom. The normalized spacial score (nSPS) is 12.2. The Labute approximate surface area is 74.1 Å². The third-order valence-corrected chi connectivity index (χ3v) is 1.72. The number of rotatable bonds is 0. The van der Waals surface area contributed by atoms with Gasteiger partial charge in [-0.1, -0.05) is 18.2 Å². The lowest BCUT2D eigenvalue weighted by molar-refractivity contribution is 0.315. The van der Waals surface area contributed by atoms with Crippen LogP contribution in [-0.4, -0.2) is 20.9 Å². The van der Waals surface area contributed by atoms with E-state index in [1.807, 2.05) is 24.3 Å². The van der Waals surface area contributed by atoms with Gasteiger partial charge in [-0.3, -0.25) is 0 Å². The van der Waals surface area contributed by atoms with Crippen molar-refractivity contribution in [2.24, 2.45) is 10.9 Å². The first-order valence-electron chi connectivity index (χ1n) is 3.66. The predicted molar refractivity (Wildman–Crippen MR) is 47.4 cm³/mol. The second kappa shape index (κ2) is 2.78. The molecule has 13 heavy (non-hydrogen) atoms. The van der Waals surface area contributed by atoms with Gasteiger partial charge in [0.25, 0.3) is 5.96 Å². The summed E-state index contributed by atoms with van der Waals surface area (Å²) in [5, 5.41) is 16.0. The topological polar surface area (TPSA) is 76.4 Å². The van der Waals surface area contributed by atoms with Gasteiger partial charge in [0.05, 0.1) is 5.52 Å². The van der Waals surface area contributed by atoms with Crippen LogP contribution in [0, 0.1) is 6.20 Å². The maximum atomic E-state index is 8.45. The molecule has 2 rings (SSSR count). The van der Waals surface area contributed by atoms with Crippen LogP contribution in [0.25, 0.3) is 10.9 Å². The number of hydrogen-bond donors (Lipinski definition) is 2. The zero-order chi connectivity index (χ0) is 9.26. The van der Waals surface area contributed by atoms with E-state index in [1.54, 1.807) is 0 Å². The van der Waals surface area contributed by atoms with Crippen molar-refractivity contribution in [3.05, 3.63) is 30.5 Å². The quantitative estimate of drug-likeness (QED) is 0.263. The number of fused-ring (bicyclic) bond motifs is 1. The molecule has 0 spiro atoms. The second-order valence-electron chi connectivity index (χ2n) is 2.50. The number of oxime groups is 1. The number of benzene rings is 1. The fourth-order valence-electron chi connectivity index (χ4n) is 1.13. The summed E-state index contributed by atoms with van der Waals surface area (Å²) < 4.78 is 1.31. The molecule has 0 unspecified atom stereocenters. The summed E-state index contributed by atoms with van der Waals surface area (Å²) in [5.41, 5.74) is 6.15. The van der Waals surface area contributed by atoms with Gasteiger partial charge in [-0.25, -0.2) is 0 Å². The lowest BCUT2D eigenvalue weighted by Gasteiger charge is -1.97. The van der Waals surface area contributed by atoms with Crippen LogP contribution in [-0.2, 0) is 0 Å². The van der Waals surface area contributed by atoms with Gasteiger partial charge in [0.1, 0.15) is 6.20 Å². The van der Waals surface area contributed by atoms with Gasteiger partial charge in [-0.2, -0.15) is 9.78 Å². The van der Waals surface area contributed by atoms with Crippen molar-refractivity contribution < 1.29 is 5.21 Å². The van der Waals surface area contributed by atoms with E-state index in [-0.39, 0.29) is 5.96 Å². The number of hydrogen-bond acceptors (Lipinski definition) is 3. The van der Waals surface area contributed by atoms with Crippen molar-refractivity contribution in [3.63, 3.8) is 0 Å². The molecule has 0 saturated heterocycles. The van der Waals surface area contributed by atoms with Gasteiger partial charge < -0.3 is 10.9 Å². The smallest absolute Gasteiger partial charge is 0.258 e. The third kappa shape index (κ3) is 1.10. The Morgan fingerprint density at radius 1 is 1.54 bits per heavy atom. The Balaban J connectivity index is 2.71. The van der Waals surface area contributed by atoms with Crippen LogP contribution in [0.1, 0.15) is 0 Å². The average Bonchev–Trinajstić information content (AvgIpc) is 2.60. The highest BCUT2D eigenvalue weighted by molar-refractivity contribution is 5.90. The van der Waals surface area contributed by atoms with Crippen molar-refractivity contribution in [1.82, 2.24) is 9.78 Å². The highest BCUT2D eigenvalue weighted by atomic mass is 16.4. The molecule has 0 fully saturated rings. The molecule has 65 valence electrons. The molecule has 1 aromatic carbocycles. The maximum absolute atomic E-state index is 8.45. The molecule has 0 aliphatic heterocycles. The van der Waals surface area contributed by atoms with E-state index in [4.69, 9.17) is 10.9 Å². The second-order valence-corrected chi connectivity index (χ2v) is 2.50. The van der Waals surface area contributed by atoms with Gasteiger partial charge >= 0.3 is 0 Å². The Morgan fingerprint density at radius 2 is 2.31 bits per heavy atom. The molecule has 5 heteroatoms. The molecule has 1 radical (unpaired) electrons. The number of nitrogens with zero attached hydrogens (tertiary/aromatic N) is 3. The summed E-state index contributed by atoms with van der Waals surface area (Å²) in [7, 11) is 0. The average molecular weight is 175 g/mol. The van der Waals surface area contributed by atoms with Crippen LogP contribution in [0.3, 0.4) is 0 Å². The van der Waals surface area contributed by atoms with Gasteiger partial charge in [0, 0.05) is 5.39 Å². The Bertz CT molecular complexity index is 460. The zero-order valence-electron chi connectivity index (χ0n) is 6.68. The molecule has 0 aliphatic rings. The molecule has 0 aliphatic carbocycles. The molecule has 1 aromatic heterocycles. The standard InChI is InChI=1S/C8H7N4O/c9-8(11-13)12-7-4-2-1-3-6(7)5-10-12/h1-4,13H,(H2,9,11). The van der Waals surface area contributed by atoms with E-state index in [1.165, 1.54) is 4.68 Å². The molecule has 2 aromatic rings. The van der Waals surface area contributed by atoms with Gasteiger partial charge in [-0.05, 0) is 11.2 Å². The summed E-state index contributed by atoms with van der Waals surface area (Å²) in [6.45, 7) is 0. The summed E-state index contributed by atoms with van der Waals surface area (Å²) in [4.78, 5) is 0. The molecular weight excluding hydrogens is 168 g/mol. The summed E-state index contributed by atoms with van der Waals surface area (Å²) in [6, 6.07) is 7.39. The van der Waals surface area contributed by atoms with Crippen molar-refractivity contribution in [2.75, 3.05) is 0 Å². The van der Waals surface area contributed by atoms with Gasteiger partial charge in [0.15, 0.2) is 0 Å². The minimum atomic E-state index is -0.0718. The molecule has 5 nitrogen and oxygen atoms in total. The van der Waals surface area contributed by atoms with Crippen LogP contribution in [0.15, 0.2) is 29.4 Å². The molecule has 1 heterocycles. The highest BCUT2D eigenvalue weighted by Crippen LogP contribution is 2.10. The van der Waals surface area contributed by atoms with Crippen molar-refractivity contribution in [2.45, 2.75) is 0 Å². The fraction of sp³-hybridized carbons (Fsp3) is 0. The summed E-state index contributed by atoms with van der Waals surface area (Å²) in [6.07, 6.45) is 2.74. The van der Waals surface area contributed by atoms with E-state index in [0.29, 0.717) is 0 Å². The van der Waals surface area contributed by atoms with E-state index in [2.05, 4.69) is 16.5 Å². The first-order chi connectivity index (χ1) is 6.33. The number of para-hydroxylation sites is 1. The monoisotopic (exact) mass is 175 g/mol. The third-order valence-electron chi connectivity index (χ3n) is 1.72. The fourth-order valence-corrected chi connectivity index (χ4v) is 1.13. The first-order valence-corrected chi connectivity index (χ1v) is 3.66. The minimum Gasteiger partial charge on any atom is -0.408 e. The van der Waals surface area contributed by atoms with Crippen LogP contribution >= 0.6 is 0 Å². The molecule has 3 N–H and O–H groups in total. The largest absolute Gasteiger partial charge is 0.408 e. The lowest BCUT2D eigenvalue weighted by Crippen LogP contribution is -2.23. The highest BCUT2D eigenvalue weighted by Gasteiger charge is 2.04. The van der Waals surface area contributed by atoms with E-state index in [0.717, 1.165) is 10.9 Å². The summed E-state index contributed by atoms with van der Waals surface area (Å²) >= 11 is 0. The van der Waals surface area contributed by atoms with Crippen LogP contribution in [0.5, 0.6) is 0 Å². The SMILES string of the molecule is NC(=NO)n1n[c]c2ccccc21. The molecule has 0 bridgehead atoms. The maximum Gasteiger partial charge on any atom is 0.258 e. The van der Waals surface area contributed by atoms with E-state index in [9.17, 15) is 0 Å². The van der Waals surface area contributed by atoms with Crippen LogP contribution in [0.2, 0.25) is 0 Å². The molecule has 0 amide bonds. The first kappa shape index (κ1) is 7.60. The Hall–Kier alpha value is -2.04. The van der Waals surface area contributed by atoms with Crippen molar-refractivity contribution >= 4 is 16.9 Å². The van der Waals surface area contributed by atoms with Crippen LogP contribution in [0.4, 0.5) is 0 Å². The van der Waals surface area contributed by atoms with Crippen molar-refractivity contribution in [1.29, 1.82) is 0 Å². The van der Waals surface area contributed by atoms with Crippen molar-refractivity contribution in [3.8, 4) is 0 Å². The minimum absolute atomic E-state index is 0.0718. The predicted octanol–water partition coefficient (Wildman–Crippen LogP) is 0.388. The number of aromatic nitrogens is 2. The van der Waals surface area contributed by atoms with E-state index < -0.39 is 0 Å². The number of nitrogens with two attached hydrogens (primary N) is 1. The Kier molecular flexibility index (Phi) is 1.63. The summed E-state index contributed by atoms with van der Waals surface area (Å²) in [5.74, 6) is -0.0718. The zero-order valence-corrected chi connectivity index (χ0v) is 6.68. The van der Waals surface area contributed by atoms with Gasteiger partial charge in [-0.15, -0.1) is 0 Å². The molecular formula is C8H7N4O. The van der Waals surface area contributed by atoms with E-state index >= 15 is 0 Å². The molecule has 0 saturated carbocycles. The lowest BCUT2D eigenvalue weighted by atomic mass is 10.3. The molecule has 0 atom stereocenters.